The van der Waals surface area contributed by atoms with Crippen molar-refractivity contribution in [1.29, 1.82) is 0 Å². The molecule has 0 aliphatic carbocycles. The average Bonchev–Trinajstić information content (AvgIpc) is 3.24. The zero-order valence-corrected chi connectivity index (χ0v) is 14.2. The number of hydrogen-bond acceptors (Lipinski definition) is 4. The van der Waals surface area contributed by atoms with Crippen molar-refractivity contribution in [3.8, 4) is 11.6 Å². The fraction of sp³-hybridized carbons (Fsp3) is 0.412. The predicted octanol–water partition coefficient (Wildman–Crippen LogP) is 2.59. The minimum Gasteiger partial charge on any atom is -0.462 e. The van der Waals surface area contributed by atoms with Crippen molar-refractivity contribution in [2.75, 3.05) is 13.2 Å². The fourth-order valence-electron chi connectivity index (χ4n) is 2.51. The van der Waals surface area contributed by atoms with Crippen LogP contribution >= 0.6 is 11.6 Å². The van der Waals surface area contributed by atoms with E-state index in [1.54, 1.807) is 17.8 Å². The number of ether oxygens (including phenoxy) is 2. The van der Waals surface area contributed by atoms with E-state index < -0.39 is 6.10 Å². The highest BCUT2D eigenvalue weighted by Crippen LogP contribution is 2.25. The monoisotopic (exact) mass is 349 g/mol. The maximum Gasteiger partial charge on any atom is 0.260 e. The standard InChI is InChI=1S/C17H20ClN3O3/c1-12(16(22)19-10-14-8-5-9-23-14)24-17-15(18)11-21(20-17)13-6-3-2-4-7-13/h2-4,6-7,11-12,14H,5,8-10H2,1H3,(H,19,22)/t12-,14+/m1/s1. The molecule has 2 aromatic rings. The second-order valence-corrected chi connectivity index (χ2v) is 6.11. The van der Waals surface area contributed by atoms with E-state index >= 15 is 0 Å². The van der Waals surface area contributed by atoms with Crippen molar-refractivity contribution in [2.24, 2.45) is 0 Å². The van der Waals surface area contributed by atoms with Crippen molar-refractivity contribution in [3.05, 3.63) is 41.6 Å². The van der Waals surface area contributed by atoms with Gasteiger partial charge in [0.15, 0.2) is 6.10 Å². The zero-order chi connectivity index (χ0) is 16.9. The van der Waals surface area contributed by atoms with Gasteiger partial charge in [0.25, 0.3) is 11.8 Å². The lowest BCUT2D eigenvalue weighted by atomic mass is 10.2. The van der Waals surface area contributed by atoms with Gasteiger partial charge in [0.1, 0.15) is 5.02 Å². The number of amides is 1. The molecule has 2 heterocycles. The molecule has 6 nitrogen and oxygen atoms in total. The molecule has 0 unspecified atom stereocenters. The quantitative estimate of drug-likeness (QED) is 0.870. The molecule has 0 radical (unpaired) electrons. The Morgan fingerprint density at radius 3 is 3.00 bits per heavy atom. The lowest BCUT2D eigenvalue weighted by Gasteiger charge is -2.15. The fourth-order valence-corrected chi connectivity index (χ4v) is 2.69. The number of nitrogens with zero attached hydrogens (tertiary/aromatic N) is 2. The lowest BCUT2D eigenvalue weighted by Crippen LogP contribution is -2.40. The van der Waals surface area contributed by atoms with Crippen LogP contribution in [0.25, 0.3) is 5.69 Å². The number of benzene rings is 1. The van der Waals surface area contributed by atoms with Gasteiger partial charge in [-0.05, 0) is 31.9 Å². The second-order valence-electron chi connectivity index (χ2n) is 5.70. The molecule has 24 heavy (non-hydrogen) atoms. The molecule has 1 N–H and O–H groups in total. The molecular weight excluding hydrogens is 330 g/mol. The number of aromatic nitrogens is 2. The van der Waals surface area contributed by atoms with Gasteiger partial charge in [-0.3, -0.25) is 4.79 Å². The third kappa shape index (κ3) is 4.07. The van der Waals surface area contributed by atoms with Gasteiger partial charge in [0.05, 0.1) is 18.0 Å². The van der Waals surface area contributed by atoms with Crippen LogP contribution in [0.1, 0.15) is 19.8 Å². The van der Waals surface area contributed by atoms with Gasteiger partial charge >= 0.3 is 0 Å². The Morgan fingerprint density at radius 2 is 2.29 bits per heavy atom. The lowest BCUT2D eigenvalue weighted by molar-refractivity contribution is -0.127. The summed E-state index contributed by atoms with van der Waals surface area (Å²) >= 11 is 6.16. The molecule has 1 aliphatic rings. The number of nitrogens with one attached hydrogen (secondary N) is 1. The van der Waals surface area contributed by atoms with Crippen LogP contribution in [-0.2, 0) is 9.53 Å². The third-order valence-corrected chi connectivity index (χ3v) is 4.10. The second kappa shape index (κ2) is 7.68. The van der Waals surface area contributed by atoms with Crippen LogP contribution in [0.2, 0.25) is 5.02 Å². The van der Waals surface area contributed by atoms with Crippen molar-refractivity contribution >= 4 is 17.5 Å². The largest absolute Gasteiger partial charge is 0.462 e. The van der Waals surface area contributed by atoms with Gasteiger partial charge in [-0.1, -0.05) is 29.8 Å². The highest BCUT2D eigenvalue weighted by Gasteiger charge is 2.21. The minimum atomic E-state index is -0.692. The average molecular weight is 350 g/mol. The van der Waals surface area contributed by atoms with E-state index in [0.717, 1.165) is 25.1 Å². The molecule has 1 amide bonds. The summed E-state index contributed by atoms with van der Waals surface area (Å²) in [6, 6.07) is 9.56. The predicted molar refractivity (Wildman–Crippen MR) is 90.6 cm³/mol. The summed E-state index contributed by atoms with van der Waals surface area (Å²) in [7, 11) is 0. The van der Waals surface area contributed by atoms with E-state index in [2.05, 4.69) is 10.4 Å². The van der Waals surface area contributed by atoms with E-state index in [9.17, 15) is 4.79 Å². The van der Waals surface area contributed by atoms with E-state index in [1.807, 2.05) is 30.3 Å². The summed E-state index contributed by atoms with van der Waals surface area (Å²) in [5, 5.41) is 7.49. The molecule has 3 rings (SSSR count). The van der Waals surface area contributed by atoms with Crippen LogP contribution in [0.15, 0.2) is 36.5 Å². The van der Waals surface area contributed by atoms with Gasteiger partial charge in [0.2, 0.25) is 0 Å². The number of carbonyl (C=O) groups excluding carboxylic acids is 1. The van der Waals surface area contributed by atoms with Crippen LogP contribution in [-0.4, -0.2) is 41.0 Å². The molecule has 7 heteroatoms. The molecule has 0 spiro atoms. The van der Waals surface area contributed by atoms with Gasteiger partial charge in [0, 0.05) is 13.2 Å². The molecule has 1 aromatic heterocycles. The van der Waals surface area contributed by atoms with Gasteiger partial charge in [-0.25, -0.2) is 4.68 Å². The van der Waals surface area contributed by atoms with Crippen molar-refractivity contribution in [3.63, 3.8) is 0 Å². The maximum atomic E-state index is 12.1. The number of carbonyl (C=O) groups is 1. The Hall–Kier alpha value is -2.05. The molecule has 2 atom stereocenters. The SMILES string of the molecule is C[C@@H](Oc1nn(-c2ccccc2)cc1Cl)C(=O)NC[C@@H]1CCCO1. The Kier molecular flexibility index (Phi) is 5.37. The first-order valence-corrected chi connectivity index (χ1v) is 8.38. The Balaban J connectivity index is 1.58. The first-order chi connectivity index (χ1) is 11.6. The molecule has 1 saturated heterocycles. The van der Waals surface area contributed by atoms with Gasteiger partial charge in [-0.15, -0.1) is 5.10 Å². The summed E-state index contributed by atoms with van der Waals surface area (Å²) in [6.45, 7) is 2.93. The molecular formula is C17H20ClN3O3. The zero-order valence-electron chi connectivity index (χ0n) is 13.4. The minimum absolute atomic E-state index is 0.0991. The van der Waals surface area contributed by atoms with Crippen molar-refractivity contribution < 1.29 is 14.3 Å². The highest BCUT2D eigenvalue weighted by atomic mass is 35.5. The number of rotatable bonds is 6. The molecule has 1 fully saturated rings. The van der Waals surface area contributed by atoms with Gasteiger partial charge in [-0.2, -0.15) is 0 Å². The van der Waals surface area contributed by atoms with E-state index in [1.165, 1.54) is 0 Å². The van der Waals surface area contributed by atoms with E-state index in [0.29, 0.717) is 11.6 Å². The normalized spacial score (nSPS) is 18.3. The summed E-state index contributed by atoms with van der Waals surface area (Å²) in [5.74, 6) is 0.0242. The topological polar surface area (TPSA) is 65.4 Å². The third-order valence-electron chi connectivity index (χ3n) is 3.84. The van der Waals surface area contributed by atoms with Crippen molar-refractivity contribution in [1.82, 2.24) is 15.1 Å². The summed E-state index contributed by atoms with van der Waals surface area (Å²) in [6.07, 6.45) is 3.08. The molecule has 0 saturated carbocycles. The summed E-state index contributed by atoms with van der Waals surface area (Å²) in [4.78, 5) is 12.1. The number of hydrogen-bond donors (Lipinski definition) is 1. The Morgan fingerprint density at radius 1 is 1.50 bits per heavy atom. The van der Waals surface area contributed by atoms with Gasteiger partial charge < -0.3 is 14.8 Å². The highest BCUT2D eigenvalue weighted by molar-refractivity contribution is 6.31. The first kappa shape index (κ1) is 16.8. The van der Waals surface area contributed by atoms with Crippen LogP contribution in [0.4, 0.5) is 0 Å². The van der Waals surface area contributed by atoms with Crippen LogP contribution in [0.5, 0.6) is 5.88 Å². The van der Waals surface area contributed by atoms with Crippen LogP contribution in [0.3, 0.4) is 0 Å². The molecule has 1 aromatic carbocycles. The molecule has 128 valence electrons. The first-order valence-electron chi connectivity index (χ1n) is 8.00. The summed E-state index contributed by atoms with van der Waals surface area (Å²) in [5.41, 5.74) is 0.865. The summed E-state index contributed by atoms with van der Waals surface area (Å²) < 4.78 is 12.7. The van der Waals surface area contributed by atoms with E-state index in [4.69, 9.17) is 21.1 Å². The van der Waals surface area contributed by atoms with E-state index in [-0.39, 0.29) is 17.9 Å². The molecule has 0 bridgehead atoms. The van der Waals surface area contributed by atoms with Crippen molar-refractivity contribution in [2.45, 2.75) is 32.0 Å². The number of para-hydroxylation sites is 1. The Bertz CT molecular complexity index is 684. The smallest absolute Gasteiger partial charge is 0.260 e. The molecule has 1 aliphatic heterocycles. The van der Waals surface area contributed by atoms with Crippen LogP contribution < -0.4 is 10.1 Å². The Labute approximate surface area is 145 Å². The maximum absolute atomic E-state index is 12.1. The number of halogens is 1. The van der Waals surface area contributed by atoms with Crippen LogP contribution in [0, 0.1) is 0 Å².